The van der Waals surface area contributed by atoms with Gasteiger partial charge in [-0.3, -0.25) is 9.59 Å². The molecule has 0 spiro atoms. The Morgan fingerprint density at radius 3 is 2.12 bits per heavy atom. The van der Waals surface area contributed by atoms with Crippen molar-refractivity contribution in [2.45, 2.75) is 33.1 Å². The molecule has 130 valence electrons. The third kappa shape index (κ3) is 3.90. The number of carbonyl (C=O) groups excluding carboxylic acids is 2. The van der Waals surface area contributed by atoms with Crippen molar-refractivity contribution in [2.24, 2.45) is 5.92 Å². The average Bonchev–Trinajstić information content (AvgIpc) is 3.04. The molecular weight excluding hydrogens is 312 g/mol. The number of anilines is 2. The van der Waals surface area contributed by atoms with Crippen molar-refractivity contribution in [3.8, 4) is 0 Å². The average molecular weight is 336 g/mol. The molecule has 4 nitrogen and oxygen atoms in total. The van der Waals surface area contributed by atoms with Crippen molar-refractivity contribution in [3.63, 3.8) is 0 Å². The Labute approximate surface area is 148 Å². The number of amides is 2. The Morgan fingerprint density at radius 2 is 1.56 bits per heavy atom. The van der Waals surface area contributed by atoms with E-state index >= 15 is 0 Å². The van der Waals surface area contributed by atoms with Gasteiger partial charge in [-0.25, -0.2) is 0 Å². The van der Waals surface area contributed by atoms with Crippen LogP contribution in [0.3, 0.4) is 0 Å². The lowest BCUT2D eigenvalue weighted by molar-refractivity contribution is -0.122. The largest absolute Gasteiger partial charge is 0.326 e. The van der Waals surface area contributed by atoms with Crippen LogP contribution >= 0.6 is 0 Å². The van der Waals surface area contributed by atoms with Crippen LogP contribution in [0.2, 0.25) is 0 Å². The molecule has 1 fully saturated rings. The molecule has 0 bridgehead atoms. The Balaban J connectivity index is 1.65. The molecule has 2 aromatic carbocycles. The molecule has 2 amide bonds. The van der Waals surface area contributed by atoms with Gasteiger partial charge in [0.15, 0.2) is 0 Å². The number of hydrogen-bond donors (Lipinski definition) is 1. The maximum atomic E-state index is 12.5. The number of rotatable bonds is 5. The highest BCUT2D eigenvalue weighted by Crippen LogP contribution is 2.26. The highest BCUT2D eigenvalue weighted by Gasteiger charge is 2.35. The number of carbonyl (C=O) groups is 2. The van der Waals surface area contributed by atoms with Crippen LogP contribution in [0.25, 0.3) is 0 Å². The minimum Gasteiger partial charge on any atom is -0.326 e. The summed E-state index contributed by atoms with van der Waals surface area (Å²) in [5.74, 6) is -0.403. The molecule has 4 heteroatoms. The van der Waals surface area contributed by atoms with Crippen LogP contribution in [0, 0.1) is 5.92 Å². The van der Waals surface area contributed by atoms with Crippen LogP contribution in [-0.2, 0) is 22.4 Å². The summed E-state index contributed by atoms with van der Waals surface area (Å²) in [6, 6.07) is 15.8. The highest BCUT2D eigenvalue weighted by molar-refractivity contribution is 6.03. The standard InChI is InChI=1S/C21H24N2O2/c1-3-15-5-9-18(10-6-15)22-21(25)17-13-20(24)23(14-17)19-11-7-16(4-2)8-12-19/h5-12,17H,3-4,13-14H2,1-2H3,(H,22,25). The molecule has 0 saturated carbocycles. The molecule has 25 heavy (non-hydrogen) atoms. The fourth-order valence-corrected chi connectivity index (χ4v) is 3.11. The number of nitrogens with zero attached hydrogens (tertiary/aromatic N) is 1. The van der Waals surface area contributed by atoms with Crippen LogP contribution in [0.5, 0.6) is 0 Å². The van der Waals surface area contributed by atoms with Gasteiger partial charge in [-0.05, 0) is 48.2 Å². The first-order valence-electron chi connectivity index (χ1n) is 8.89. The molecule has 1 saturated heterocycles. The zero-order valence-corrected chi connectivity index (χ0v) is 14.8. The lowest BCUT2D eigenvalue weighted by atomic mass is 10.1. The topological polar surface area (TPSA) is 49.4 Å². The summed E-state index contributed by atoms with van der Waals surface area (Å²) >= 11 is 0. The maximum Gasteiger partial charge on any atom is 0.229 e. The summed E-state index contributed by atoms with van der Waals surface area (Å²) in [5.41, 5.74) is 4.11. The molecule has 0 aliphatic carbocycles. The molecule has 1 aliphatic rings. The van der Waals surface area contributed by atoms with Gasteiger partial charge in [0.2, 0.25) is 11.8 Å². The highest BCUT2D eigenvalue weighted by atomic mass is 16.2. The number of hydrogen-bond acceptors (Lipinski definition) is 2. The number of benzene rings is 2. The van der Waals surface area contributed by atoms with E-state index in [-0.39, 0.29) is 24.2 Å². The summed E-state index contributed by atoms with van der Waals surface area (Å²) in [5, 5.41) is 2.93. The van der Waals surface area contributed by atoms with Gasteiger partial charge in [0.1, 0.15) is 0 Å². The minimum absolute atomic E-state index is 0.00530. The molecule has 3 rings (SSSR count). The van der Waals surface area contributed by atoms with Crippen molar-refractivity contribution in [2.75, 3.05) is 16.8 Å². The molecule has 1 atom stereocenters. The van der Waals surface area contributed by atoms with E-state index < -0.39 is 0 Å². The normalized spacial score (nSPS) is 17.0. The Bertz CT molecular complexity index is 750. The van der Waals surface area contributed by atoms with E-state index in [1.807, 2.05) is 48.5 Å². The van der Waals surface area contributed by atoms with E-state index in [1.165, 1.54) is 11.1 Å². The first kappa shape index (κ1) is 17.2. The molecule has 0 aromatic heterocycles. The monoisotopic (exact) mass is 336 g/mol. The fourth-order valence-electron chi connectivity index (χ4n) is 3.11. The molecule has 1 unspecified atom stereocenters. The second-order valence-corrected chi connectivity index (χ2v) is 6.47. The third-order valence-electron chi connectivity index (χ3n) is 4.78. The van der Waals surface area contributed by atoms with Gasteiger partial charge in [0.05, 0.1) is 5.92 Å². The van der Waals surface area contributed by atoms with E-state index in [2.05, 4.69) is 19.2 Å². The van der Waals surface area contributed by atoms with Crippen LogP contribution in [-0.4, -0.2) is 18.4 Å². The summed E-state index contributed by atoms with van der Waals surface area (Å²) < 4.78 is 0. The minimum atomic E-state index is -0.316. The molecular formula is C21H24N2O2. The van der Waals surface area contributed by atoms with Crippen molar-refractivity contribution < 1.29 is 9.59 Å². The summed E-state index contributed by atoms with van der Waals surface area (Å²) in [6.07, 6.45) is 2.20. The maximum absolute atomic E-state index is 12.5. The number of nitrogens with one attached hydrogen (secondary N) is 1. The van der Waals surface area contributed by atoms with Crippen molar-refractivity contribution in [3.05, 3.63) is 59.7 Å². The van der Waals surface area contributed by atoms with Crippen molar-refractivity contribution in [1.29, 1.82) is 0 Å². The Hall–Kier alpha value is -2.62. The molecule has 1 aliphatic heterocycles. The predicted molar refractivity (Wildman–Crippen MR) is 101 cm³/mol. The van der Waals surface area contributed by atoms with Crippen molar-refractivity contribution >= 4 is 23.2 Å². The van der Waals surface area contributed by atoms with Gasteiger partial charge in [-0.2, -0.15) is 0 Å². The van der Waals surface area contributed by atoms with E-state index in [4.69, 9.17) is 0 Å². The zero-order chi connectivity index (χ0) is 17.8. The van der Waals surface area contributed by atoms with E-state index in [0.29, 0.717) is 6.54 Å². The molecule has 1 heterocycles. The van der Waals surface area contributed by atoms with Gasteiger partial charge < -0.3 is 10.2 Å². The first-order chi connectivity index (χ1) is 12.1. The smallest absolute Gasteiger partial charge is 0.229 e. The fraction of sp³-hybridized carbons (Fsp3) is 0.333. The van der Waals surface area contributed by atoms with E-state index in [1.54, 1.807) is 4.90 Å². The van der Waals surface area contributed by atoms with Crippen LogP contribution in [0.15, 0.2) is 48.5 Å². The van der Waals surface area contributed by atoms with Gasteiger partial charge in [-0.1, -0.05) is 38.1 Å². The van der Waals surface area contributed by atoms with Gasteiger partial charge in [0.25, 0.3) is 0 Å². The number of aryl methyl sites for hydroxylation is 2. The second kappa shape index (κ2) is 7.51. The van der Waals surface area contributed by atoms with Crippen LogP contribution in [0.4, 0.5) is 11.4 Å². The summed E-state index contributed by atoms with van der Waals surface area (Å²) in [6.45, 7) is 4.63. The molecule has 2 aromatic rings. The predicted octanol–water partition coefficient (Wildman–Crippen LogP) is 3.80. The summed E-state index contributed by atoms with van der Waals surface area (Å²) in [4.78, 5) is 26.5. The van der Waals surface area contributed by atoms with Crippen LogP contribution in [0.1, 0.15) is 31.4 Å². The Morgan fingerprint density at radius 1 is 1.00 bits per heavy atom. The summed E-state index contributed by atoms with van der Waals surface area (Å²) in [7, 11) is 0. The van der Waals surface area contributed by atoms with Crippen molar-refractivity contribution in [1.82, 2.24) is 0 Å². The van der Waals surface area contributed by atoms with Gasteiger partial charge >= 0.3 is 0 Å². The second-order valence-electron chi connectivity index (χ2n) is 6.47. The molecule has 0 radical (unpaired) electrons. The Kier molecular flexibility index (Phi) is 5.17. The third-order valence-corrected chi connectivity index (χ3v) is 4.78. The zero-order valence-electron chi connectivity index (χ0n) is 14.8. The SMILES string of the molecule is CCc1ccc(NC(=O)C2CC(=O)N(c3ccc(CC)cc3)C2)cc1. The lowest BCUT2D eigenvalue weighted by Crippen LogP contribution is -2.28. The van der Waals surface area contributed by atoms with E-state index in [0.717, 1.165) is 24.2 Å². The van der Waals surface area contributed by atoms with Crippen LogP contribution < -0.4 is 10.2 Å². The van der Waals surface area contributed by atoms with Gasteiger partial charge in [-0.15, -0.1) is 0 Å². The first-order valence-corrected chi connectivity index (χ1v) is 8.89. The molecule has 1 N–H and O–H groups in total. The van der Waals surface area contributed by atoms with Gasteiger partial charge in [0, 0.05) is 24.3 Å². The van der Waals surface area contributed by atoms with E-state index in [9.17, 15) is 9.59 Å². The lowest BCUT2D eigenvalue weighted by Gasteiger charge is -2.17. The quantitative estimate of drug-likeness (QED) is 0.903.